The number of carbonyl (C=O) groups is 1. The van der Waals surface area contributed by atoms with Gasteiger partial charge in [-0.05, 0) is 65.5 Å². The van der Waals surface area contributed by atoms with Gasteiger partial charge in [0.1, 0.15) is 5.82 Å². The van der Waals surface area contributed by atoms with Gasteiger partial charge in [0.25, 0.3) is 5.91 Å². The fraction of sp³-hybridized carbons (Fsp3) is 0.722. The molecular weight excluding hydrogens is 288 g/mol. The predicted octanol–water partition coefficient (Wildman–Crippen LogP) is 2.57. The monoisotopic (exact) mass is 316 g/mol. The highest BCUT2D eigenvalue weighted by Gasteiger charge is 2.29. The lowest BCUT2D eigenvalue weighted by atomic mass is 9.98. The summed E-state index contributed by atoms with van der Waals surface area (Å²) in [5, 5.41) is 0. The van der Waals surface area contributed by atoms with Crippen molar-refractivity contribution < 1.29 is 4.79 Å². The van der Waals surface area contributed by atoms with Gasteiger partial charge < -0.3 is 9.80 Å². The Morgan fingerprint density at radius 2 is 1.91 bits per heavy atom. The number of aromatic nitrogens is 2. The van der Waals surface area contributed by atoms with E-state index in [4.69, 9.17) is 0 Å². The van der Waals surface area contributed by atoms with E-state index < -0.39 is 0 Å². The Morgan fingerprint density at radius 1 is 1.17 bits per heavy atom. The Morgan fingerprint density at radius 3 is 2.65 bits per heavy atom. The summed E-state index contributed by atoms with van der Waals surface area (Å²) in [5.74, 6) is 0.844. The molecule has 1 aromatic rings. The second kappa shape index (κ2) is 7.39. The number of rotatable bonds is 4. The molecule has 3 heterocycles. The topological polar surface area (TPSA) is 49.3 Å². The third kappa shape index (κ3) is 3.89. The molecule has 5 nitrogen and oxygen atoms in total. The zero-order valence-electron chi connectivity index (χ0n) is 14.4. The van der Waals surface area contributed by atoms with E-state index in [2.05, 4.69) is 19.8 Å². The zero-order chi connectivity index (χ0) is 16.2. The lowest BCUT2D eigenvalue weighted by Gasteiger charge is -2.37. The van der Waals surface area contributed by atoms with Crippen LogP contribution >= 0.6 is 0 Å². The van der Waals surface area contributed by atoms with Gasteiger partial charge in [-0.15, -0.1) is 0 Å². The molecule has 2 fully saturated rings. The van der Waals surface area contributed by atoms with Crippen molar-refractivity contribution in [3.8, 4) is 0 Å². The summed E-state index contributed by atoms with van der Waals surface area (Å²) in [6.45, 7) is 8.22. The van der Waals surface area contributed by atoms with E-state index in [0.29, 0.717) is 11.6 Å². The van der Waals surface area contributed by atoms with Crippen LogP contribution < -0.4 is 0 Å². The van der Waals surface area contributed by atoms with Crippen LogP contribution in [0.4, 0.5) is 0 Å². The third-order valence-electron chi connectivity index (χ3n) is 5.20. The first kappa shape index (κ1) is 16.4. The van der Waals surface area contributed by atoms with E-state index in [1.165, 1.54) is 32.4 Å². The summed E-state index contributed by atoms with van der Waals surface area (Å²) in [7, 11) is 0. The first-order chi connectivity index (χ1) is 11.1. The molecule has 0 spiro atoms. The molecule has 0 aliphatic carbocycles. The average molecular weight is 316 g/mol. The number of piperidine rings is 1. The molecule has 3 rings (SSSR count). The number of nitrogens with zero attached hydrogens (tertiary/aromatic N) is 4. The van der Waals surface area contributed by atoms with Gasteiger partial charge in [-0.1, -0.05) is 0 Å². The van der Waals surface area contributed by atoms with Gasteiger partial charge >= 0.3 is 0 Å². The van der Waals surface area contributed by atoms with Crippen LogP contribution in [0.1, 0.15) is 60.4 Å². The standard InChI is InChI=1S/C18H28N4O/c1-14-17(13-19-15(2)20-14)18(23)22-11-4-3-7-16(22)8-12-21-9-5-6-10-21/h13,16H,3-12H2,1-2H3/t16-/m1/s1. The molecule has 1 atom stereocenters. The maximum Gasteiger partial charge on any atom is 0.257 e. The highest BCUT2D eigenvalue weighted by Crippen LogP contribution is 2.23. The van der Waals surface area contributed by atoms with E-state index in [1.54, 1.807) is 6.20 Å². The summed E-state index contributed by atoms with van der Waals surface area (Å²) < 4.78 is 0. The van der Waals surface area contributed by atoms with Gasteiger partial charge in [-0.2, -0.15) is 0 Å². The Bertz CT molecular complexity index is 554. The average Bonchev–Trinajstić information content (AvgIpc) is 3.06. The van der Waals surface area contributed by atoms with Gasteiger partial charge in [0.15, 0.2) is 0 Å². The molecule has 5 heteroatoms. The zero-order valence-corrected chi connectivity index (χ0v) is 14.4. The molecule has 23 heavy (non-hydrogen) atoms. The normalized spacial score (nSPS) is 22.5. The molecule has 0 radical (unpaired) electrons. The minimum Gasteiger partial charge on any atom is -0.336 e. The quantitative estimate of drug-likeness (QED) is 0.856. The van der Waals surface area contributed by atoms with Crippen LogP contribution in [-0.4, -0.2) is 57.9 Å². The summed E-state index contributed by atoms with van der Waals surface area (Å²) in [5.41, 5.74) is 1.47. The van der Waals surface area contributed by atoms with Crippen molar-refractivity contribution in [3.63, 3.8) is 0 Å². The van der Waals surface area contributed by atoms with Crippen LogP contribution in [0.3, 0.4) is 0 Å². The lowest BCUT2D eigenvalue weighted by molar-refractivity contribution is 0.0586. The Balaban J connectivity index is 1.68. The summed E-state index contributed by atoms with van der Waals surface area (Å²) >= 11 is 0. The molecule has 0 N–H and O–H groups in total. The molecule has 0 aromatic carbocycles. The van der Waals surface area contributed by atoms with Crippen molar-refractivity contribution in [2.75, 3.05) is 26.2 Å². The number of hydrogen-bond donors (Lipinski definition) is 0. The first-order valence-corrected chi connectivity index (χ1v) is 8.99. The highest BCUT2D eigenvalue weighted by atomic mass is 16.2. The van der Waals surface area contributed by atoms with E-state index in [-0.39, 0.29) is 5.91 Å². The summed E-state index contributed by atoms with van der Waals surface area (Å²) in [6.07, 6.45) is 8.92. The van der Waals surface area contributed by atoms with Crippen molar-refractivity contribution in [2.45, 2.75) is 58.4 Å². The second-order valence-electron chi connectivity index (χ2n) is 6.90. The third-order valence-corrected chi connectivity index (χ3v) is 5.20. The smallest absolute Gasteiger partial charge is 0.257 e. The van der Waals surface area contributed by atoms with Crippen molar-refractivity contribution in [1.82, 2.24) is 19.8 Å². The van der Waals surface area contributed by atoms with E-state index in [1.807, 2.05) is 13.8 Å². The van der Waals surface area contributed by atoms with Crippen LogP contribution in [0.15, 0.2) is 6.20 Å². The number of amides is 1. The van der Waals surface area contributed by atoms with E-state index in [9.17, 15) is 4.79 Å². The number of likely N-dealkylation sites (tertiary alicyclic amines) is 2. The Kier molecular flexibility index (Phi) is 5.26. The van der Waals surface area contributed by atoms with Crippen LogP contribution in [0, 0.1) is 13.8 Å². The molecular formula is C18H28N4O. The van der Waals surface area contributed by atoms with Crippen molar-refractivity contribution in [3.05, 3.63) is 23.3 Å². The van der Waals surface area contributed by atoms with Crippen LogP contribution in [-0.2, 0) is 0 Å². The molecule has 0 saturated carbocycles. The number of aryl methyl sites for hydroxylation is 2. The Hall–Kier alpha value is -1.49. The molecule has 2 aliphatic heterocycles. The number of carbonyl (C=O) groups excluding carboxylic acids is 1. The maximum absolute atomic E-state index is 13.0. The van der Waals surface area contributed by atoms with Gasteiger partial charge in [0.05, 0.1) is 11.3 Å². The van der Waals surface area contributed by atoms with Crippen LogP contribution in [0.25, 0.3) is 0 Å². The van der Waals surface area contributed by atoms with E-state index >= 15 is 0 Å². The molecule has 0 bridgehead atoms. The minimum absolute atomic E-state index is 0.119. The summed E-state index contributed by atoms with van der Waals surface area (Å²) in [4.78, 5) is 26.2. The van der Waals surface area contributed by atoms with Gasteiger partial charge in [-0.3, -0.25) is 4.79 Å². The van der Waals surface area contributed by atoms with Crippen LogP contribution in [0.2, 0.25) is 0 Å². The molecule has 0 unspecified atom stereocenters. The fourth-order valence-electron chi connectivity index (χ4n) is 3.85. The van der Waals surface area contributed by atoms with Gasteiger partial charge in [-0.25, -0.2) is 9.97 Å². The van der Waals surface area contributed by atoms with Crippen molar-refractivity contribution >= 4 is 5.91 Å². The van der Waals surface area contributed by atoms with E-state index in [0.717, 1.165) is 43.9 Å². The second-order valence-corrected chi connectivity index (χ2v) is 6.90. The molecule has 1 amide bonds. The summed E-state index contributed by atoms with van der Waals surface area (Å²) in [6, 6.07) is 0.373. The van der Waals surface area contributed by atoms with Gasteiger partial charge in [0.2, 0.25) is 0 Å². The first-order valence-electron chi connectivity index (χ1n) is 8.99. The fourth-order valence-corrected chi connectivity index (χ4v) is 3.85. The van der Waals surface area contributed by atoms with Gasteiger partial charge in [0, 0.05) is 25.3 Å². The van der Waals surface area contributed by atoms with Crippen molar-refractivity contribution in [2.24, 2.45) is 0 Å². The van der Waals surface area contributed by atoms with Crippen molar-refractivity contribution in [1.29, 1.82) is 0 Å². The number of hydrogen-bond acceptors (Lipinski definition) is 4. The molecule has 2 saturated heterocycles. The lowest BCUT2D eigenvalue weighted by Crippen LogP contribution is -2.45. The largest absolute Gasteiger partial charge is 0.336 e. The van der Waals surface area contributed by atoms with Crippen LogP contribution in [0.5, 0.6) is 0 Å². The predicted molar refractivity (Wildman–Crippen MR) is 90.5 cm³/mol. The SMILES string of the molecule is Cc1ncc(C(=O)N2CCCC[C@@H]2CCN2CCCC2)c(C)n1. The minimum atomic E-state index is 0.119. The molecule has 1 aromatic heterocycles. The molecule has 126 valence electrons. The highest BCUT2D eigenvalue weighted by molar-refractivity contribution is 5.95. The molecule has 2 aliphatic rings. The maximum atomic E-state index is 13.0. The Labute approximate surface area is 139 Å².